The standard InChI is InChI=1S/C8H8N4O2S/c9-6-2-10-5(1-11-6)3-12-7(13)4-15-8(12)14/h1-2H,3-4H2,(H2,9,11). The molecule has 2 rings (SSSR count). The average molecular weight is 224 g/mol. The van der Waals surface area contributed by atoms with E-state index in [2.05, 4.69) is 9.97 Å². The van der Waals surface area contributed by atoms with Gasteiger partial charge in [-0.2, -0.15) is 0 Å². The van der Waals surface area contributed by atoms with E-state index in [1.807, 2.05) is 0 Å². The van der Waals surface area contributed by atoms with Crippen LogP contribution in [0.2, 0.25) is 0 Å². The molecule has 1 saturated heterocycles. The highest BCUT2D eigenvalue weighted by atomic mass is 32.2. The van der Waals surface area contributed by atoms with Gasteiger partial charge in [0.15, 0.2) is 0 Å². The van der Waals surface area contributed by atoms with Gasteiger partial charge in [0.05, 0.1) is 30.4 Å². The van der Waals surface area contributed by atoms with Crippen molar-refractivity contribution in [2.24, 2.45) is 0 Å². The molecule has 0 unspecified atom stereocenters. The van der Waals surface area contributed by atoms with Crippen LogP contribution < -0.4 is 5.73 Å². The Kier molecular flexibility index (Phi) is 2.55. The third kappa shape index (κ3) is 2.07. The van der Waals surface area contributed by atoms with Gasteiger partial charge >= 0.3 is 0 Å². The summed E-state index contributed by atoms with van der Waals surface area (Å²) in [4.78, 5) is 31.5. The molecule has 0 radical (unpaired) electrons. The summed E-state index contributed by atoms with van der Waals surface area (Å²) in [7, 11) is 0. The summed E-state index contributed by atoms with van der Waals surface area (Å²) in [5, 5.41) is -0.237. The van der Waals surface area contributed by atoms with Crippen molar-refractivity contribution in [3.05, 3.63) is 18.1 Å². The van der Waals surface area contributed by atoms with Crippen molar-refractivity contribution in [1.82, 2.24) is 14.9 Å². The van der Waals surface area contributed by atoms with Crippen LogP contribution in [0.3, 0.4) is 0 Å². The van der Waals surface area contributed by atoms with Crippen molar-refractivity contribution >= 4 is 28.7 Å². The fraction of sp³-hybridized carbons (Fsp3) is 0.250. The van der Waals surface area contributed by atoms with Crippen LogP contribution in [0.1, 0.15) is 5.69 Å². The maximum atomic E-state index is 11.3. The Hall–Kier alpha value is -1.63. The molecule has 15 heavy (non-hydrogen) atoms. The summed E-state index contributed by atoms with van der Waals surface area (Å²) in [5.74, 6) is 0.331. The monoisotopic (exact) mass is 224 g/mol. The van der Waals surface area contributed by atoms with Gasteiger partial charge in [-0.3, -0.25) is 19.5 Å². The number of hydrogen-bond donors (Lipinski definition) is 1. The molecule has 0 bridgehead atoms. The zero-order valence-corrected chi connectivity index (χ0v) is 8.53. The van der Waals surface area contributed by atoms with Crippen LogP contribution in [-0.4, -0.2) is 31.8 Å². The Labute approximate surface area is 89.9 Å². The fourth-order valence-electron chi connectivity index (χ4n) is 1.14. The maximum Gasteiger partial charge on any atom is 0.289 e. The Balaban J connectivity index is 2.11. The number of carbonyl (C=O) groups is 2. The van der Waals surface area contributed by atoms with Gasteiger partial charge in [-0.15, -0.1) is 0 Å². The minimum Gasteiger partial charge on any atom is -0.382 e. The molecule has 0 aliphatic carbocycles. The number of amides is 2. The molecule has 7 heteroatoms. The lowest BCUT2D eigenvalue weighted by atomic mass is 10.4. The molecule has 2 heterocycles. The van der Waals surface area contributed by atoms with E-state index in [0.29, 0.717) is 11.5 Å². The van der Waals surface area contributed by atoms with Crippen LogP contribution >= 0.6 is 11.8 Å². The normalized spacial score (nSPS) is 16.1. The SMILES string of the molecule is Nc1cnc(CN2C(=O)CSC2=O)cn1. The molecule has 1 aliphatic rings. The largest absolute Gasteiger partial charge is 0.382 e. The lowest BCUT2D eigenvalue weighted by Crippen LogP contribution is -2.28. The fourth-order valence-corrected chi connectivity index (χ4v) is 1.87. The van der Waals surface area contributed by atoms with Gasteiger partial charge in [0.1, 0.15) is 5.82 Å². The van der Waals surface area contributed by atoms with Gasteiger partial charge in [-0.25, -0.2) is 4.98 Å². The molecule has 0 saturated carbocycles. The first kappa shape index (κ1) is 9.91. The highest BCUT2D eigenvalue weighted by Gasteiger charge is 2.30. The molecule has 1 fully saturated rings. The second kappa shape index (κ2) is 3.85. The van der Waals surface area contributed by atoms with E-state index in [0.717, 1.165) is 16.7 Å². The minimum absolute atomic E-state index is 0.165. The molecule has 1 aliphatic heterocycles. The summed E-state index contributed by atoms with van der Waals surface area (Å²) in [6.07, 6.45) is 2.85. The summed E-state index contributed by atoms with van der Waals surface area (Å²) in [6, 6.07) is 0. The second-order valence-corrected chi connectivity index (χ2v) is 3.89. The van der Waals surface area contributed by atoms with E-state index in [-0.39, 0.29) is 23.4 Å². The van der Waals surface area contributed by atoms with Crippen molar-refractivity contribution in [2.75, 3.05) is 11.5 Å². The number of nitrogens with zero attached hydrogens (tertiary/aromatic N) is 3. The van der Waals surface area contributed by atoms with E-state index in [1.54, 1.807) is 0 Å². The molecule has 0 spiro atoms. The van der Waals surface area contributed by atoms with E-state index >= 15 is 0 Å². The molecule has 2 N–H and O–H groups in total. The number of imide groups is 1. The Morgan fingerprint density at radius 2 is 2.20 bits per heavy atom. The van der Waals surface area contributed by atoms with Gasteiger partial charge < -0.3 is 5.73 Å². The molecule has 78 valence electrons. The highest BCUT2D eigenvalue weighted by Crippen LogP contribution is 2.20. The van der Waals surface area contributed by atoms with Crippen molar-refractivity contribution in [1.29, 1.82) is 0 Å². The number of hydrogen-bond acceptors (Lipinski definition) is 6. The summed E-state index contributed by atoms with van der Waals surface area (Å²) in [6.45, 7) is 0.165. The van der Waals surface area contributed by atoms with Crippen LogP contribution in [0, 0.1) is 0 Å². The van der Waals surface area contributed by atoms with Gasteiger partial charge in [0.25, 0.3) is 5.24 Å². The lowest BCUT2D eigenvalue weighted by molar-refractivity contribution is -0.125. The van der Waals surface area contributed by atoms with E-state index in [9.17, 15) is 9.59 Å². The quantitative estimate of drug-likeness (QED) is 0.774. The zero-order valence-electron chi connectivity index (χ0n) is 7.71. The van der Waals surface area contributed by atoms with Crippen LogP contribution in [0.25, 0.3) is 0 Å². The topological polar surface area (TPSA) is 89.2 Å². The Bertz CT molecular complexity index is 390. The summed E-state index contributed by atoms with van der Waals surface area (Å²) < 4.78 is 0. The Morgan fingerprint density at radius 3 is 2.73 bits per heavy atom. The van der Waals surface area contributed by atoms with Gasteiger partial charge in [0.2, 0.25) is 5.91 Å². The lowest BCUT2D eigenvalue weighted by Gasteiger charge is -2.11. The molecular formula is C8H8N4O2S. The number of nitrogen functional groups attached to an aromatic ring is 1. The zero-order chi connectivity index (χ0) is 10.8. The van der Waals surface area contributed by atoms with Crippen molar-refractivity contribution in [3.63, 3.8) is 0 Å². The second-order valence-electron chi connectivity index (χ2n) is 2.97. The van der Waals surface area contributed by atoms with Crippen LogP contribution in [0.15, 0.2) is 12.4 Å². The molecule has 0 aromatic carbocycles. The molecular weight excluding hydrogens is 216 g/mol. The van der Waals surface area contributed by atoms with Crippen molar-refractivity contribution < 1.29 is 9.59 Å². The van der Waals surface area contributed by atoms with E-state index in [4.69, 9.17) is 5.73 Å². The predicted octanol–water partition coefficient (Wildman–Crippen LogP) is 0.254. The van der Waals surface area contributed by atoms with Crippen LogP contribution in [0.5, 0.6) is 0 Å². The molecule has 2 amide bonds. The predicted molar refractivity (Wildman–Crippen MR) is 54.8 cm³/mol. The van der Waals surface area contributed by atoms with Crippen molar-refractivity contribution in [2.45, 2.75) is 6.54 Å². The number of anilines is 1. The third-order valence-corrected chi connectivity index (χ3v) is 2.74. The Morgan fingerprint density at radius 1 is 1.40 bits per heavy atom. The minimum atomic E-state index is -0.237. The first-order valence-corrected chi connectivity index (χ1v) is 5.19. The van der Waals surface area contributed by atoms with Crippen molar-refractivity contribution in [3.8, 4) is 0 Å². The third-order valence-electron chi connectivity index (χ3n) is 1.89. The number of carbonyl (C=O) groups excluding carboxylic acids is 2. The average Bonchev–Trinajstić information content (AvgIpc) is 2.53. The number of nitrogens with two attached hydrogens (primary N) is 1. The first-order valence-electron chi connectivity index (χ1n) is 4.20. The molecule has 6 nitrogen and oxygen atoms in total. The smallest absolute Gasteiger partial charge is 0.289 e. The summed E-state index contributed by atoms with van der Waals surface area (Å²) in [5.41, 5.74) is 5.91. The van der Waals surface area contributed by atoms with E-state index in [1.165, 1.54) is 12.4 Å². The molecule has 1 aromatic rings. The summed E-state index contributed by atoms with van der Waals surface area (Å²) >= 11 is 1.00. The molecule has 1 aromatic heterocycles. The van der Waals surface area contributed by atoms with Crippen LogP contribution in [-0.2, 0) is 11.3 Å². The van der Waals surface area contributed by atoms with Crippen LogP contribution in [0.4, 0.5) is 10.6 Å². The van der Waals surface area contributed by atoms with Gasteiger partial charge in [0, 0.05) is 0 Å². The highest BCUT2D eigenvalue weighted by molar-refractivity contribution is 8.14. The van der Waals surface area contributed by atoms with Gasteiger partial charge in [-0.05, 0) is 0 Å². The number of rotatable bonds is 2. The maximum absolute atomic E-state index is 11.3. The number of aromatic nitrogens is 2. The molecule has 0 atom stereocenters. The first-order chi connectivity index (χ1) is 7.16. The number of thioether (sulfide) groups is 1. The van der Waals surface area contributed by atoms with Gasteiger partial charge in [-0.1, -0.05) is 11.8 Å². The van der Waals surface area contributed by atoms with E-state index < -0.39 is 0 Å².